The van der Waals surface area contributed by atoms with Gasteiger partial charge in [-0.25, -0.2) is 4.57 Å². The molecule has 1 unspecified atom stereocenters. The van der Waals surface area contributed by atoms with Crippen LogP contribution in [0.5, 0.6) is 5.75 Å². The number of esters is 1. The second-order valence-corrected chi connectivity index (χ2v) is 11.8. The van der Waals surface area contributed by atoms with Crippen LogP contribution >= 0.6 is 7.75 Å². The second kappa shape index (κ2) is 11.7. The lowest BCUT2D eigenvalue weighted by molar-refractivity contribution is -0.766. The highest BCUT2D eigenvalue weighted by molar-refractivity contribution is 7.52. The van der Waals surface area contributed by atoms with Gasteiger partial charge in [0.15, 0.2) is 24.3 Å². The van der Waals surface area contributed by atoms with Crippen molar-refractivity contribution in [2.24, 2.45) is 5.73 Å². The Morgan fingerprint density at radius 1 is 1.10 bits per heavy atom. The van der Waals surface area contributed by atoms with Crippen molar-refractivity contribution in [3.63, 3.8) is 0 Å². The molecule has 12 nitrogen and oxygen atoms in total. The van der Waals surface area contributed by atoms with Gasteiger partial charge in [-0.05, 0) is 52.8 Å². The first-order valence-electron chi connectivity index (χ1n) is 12.6. The molecule has 2 saturated heterocycles. The summed E-state index contributed by atoms with van der Waals surface area (Å²) in [6, 6.07) is 10.7. The van der Waals surface area contributed by atoms with Gasteiger partial charge >= 0.3 is 13.7 Å². The van der Waals surface area contributed by atoms with E-state index < -0.39 is 56.0 Å². The molecule has 1 aromatic carbocycles. The zero-order valence-corrected chi connectivity index (χ0v) is 23.4. The number of carbonyl (C=O) groups excluding carboxylic acids is 2. The maximum Gasteiger partial charge on any atom is 0.459 e. The van der Waals surface area contributed by atoms with Crippen LogP contribution in [0.1, 0.15) is 51.2 Å². The van der Waals surface area contributed by atoms with Crippen molar-refractivity contribution in [2.45, 2.75) is 77.1 Å². The molecule has 4 rings (SSSR count). The number of pyridine rings is 1. The van der Waals surface area contributed by atoms with Gasteiger partial charge in [-0.1, -0.05) is 18.2 Å². The number of hydrogen-bond acceptors (Lipinski definition) is 9. The van der Waals surface area contributed by atoms with Crippen LogP contribution in [-0.2, 0) is 32.8 Å². The van der Waals surface area contributed by atoms with Gasteiger partial charge in [0.2, 0.25) is 0 Å². The summed E-state index contributed by atoms with van der Waals surface area (Å²) >= 11 is 0. The summed E-state index contributed by atoms with van der Waals surface area (Å²) in [6.45, 7) is 8.26. The van der Waals surface area contributed by atoms with Crippen LogP contribution in [-0.4, -0.2) is 54.7 Å². The number of nitrogens with zero attached hydrogens (tertiary/aromatic N) is 1. The van der Waals surface area contributed by atoms with Crippen molar-refractivity contribution >= 4 is 19.6 Å². The Kier molecular flexibility index (Phi) is 8.75. The normalized spacial score (nSPS) is 26.0. The minimum Gasteiger partial charge on any atom is -0.462 e. The van der Waals surface area contributed by atoms with Crippen molar-refractivity contribution in [2.75, 3.05) is 6.61 Å². The summed E-state index contributed by atoms with van der Waals surface area (Å²) in [5.74, 6) is -1.84. The predicted octanol–water partition coefficient (Wildman–Crippen LogP) is 2.62. The van der Waals surface area contributed by atoms with Gasteiger partial charge in [-0.15, -0.1) is 0 Å². The van der Waals surface area contributed by atoms with E-state index in [0.29, 0.717) is 5.56 Å². The number of aromatic nitrogens is 1. The quantitative estimate of drug-likeness (QED) is 0.237. The number of para-hydroxylation sites is 1. The Balaban J connectivity index is 1.54. The lowest BCUT2D eigenvalue weighted by Gasteiger charge is -2.26. The molecule has 2 aliphatic heterocycles. The van der Waals surface area contributed by atoms with E-state index in [1.165, 1.54) is 6.92 Å². The average Bonchev–Trinajstić information content (AvgIpc) is 3.35. The number of fused-ring (bicyclic) bond motifs is 1. The molecular weight excluding hydrogens is 529 g/mol. The molecule has 0 bridgehead atoms. The molecule has 2 fully saturated rings. The topological polar surface area (TPSA) is 149 Å². The van der Waals surface area contributed by atoms with Gasteiger partial charge in [0, 0.05) is 6.07 Å². The first kappa shape index (κ1) is 29.1. The van der Waals surface area contributed by atoms with Gasteiger partial charge < -0.3 is 29.2 Å². The number of rotatable bonds is 11. The highest BCUT2D eigenvalue weighted by Gasteiger charge is 2.59. The molecule has 2 aromatic rings. The first-order valence-corrected chi connectivity index (χ1v) is 14.2. The Labute approximate surface area is 227 Å². The molecule has 3 heterocycles. The third-order valence-corrected chi connectivity index (χ3v) is 7.60. The number of benzene rings is 1. The number of amides is 1. The maximum absolute atomic E-state index is 13.9. The van der Waals surface area contributed by atoms with Crippen LogP contribution in [0.25, 0.3) is 0 Å². The second-order valence-electron chi connectivity index (χ2n) is 10.1. The highest BCUT2D eigenvalue weighted by Crippen LogP contribution is 2.47. The van der Waals surface area contributed by atoms with Crippen molar-refractivity contribution < 1.29 is 46.7 Å². The Bertz CT molecular complexity index is 1230. The summed E-state index contributed by atoms with van der Waals surface area (Å²) in [7, 11) is -4.12. The molecule has 1 aromatic heterocycles. The summed E-state index contributed by atoms with van der Waals surface area (Å²) in [5, 5.41) is 2.66. The summed E-state index contributed by atoms with van der Waals surface area (Å²) < 4.78 is 50.8. The number of nitrogens with one attached hydrogen (secondary N) is 1. The van der Waals surface area contributed by atoms with Crippen molar-refractivity contribution in [1.82, 2.24) is 5.09 Å². The van der Waals surface area contributed by atoms with Crippen molar-refractivity contribution in [3.8, 4) is 5.75 Å². The molecule has 3 N–H and O–H groups in total. The van der Waals surface area contributed by atoms with Gasteiger partial charge in [-0.2, -0.15) is 9.65 Å². The van der Waals surface area contributed by atoms with Crippen LogP contribution in [0.4, 0.5) is 0 Å². The molecule has 6 atom stereocenters. The van der Waals surface area contributed by atoms with E-state index in [0.717, 1.165) is 0 Å². The molecule has 1 amide bonds. The number of nitrogens with two attached hydrogens (primary N) is 1. The van der Waals surface area contributed by atoms with Crippen LogP contribution in [0, 0.1) is 0 Å². The molecule has 0 radical (unpaired) electrons. The zero-order chi connectivity index (χ0) is 28.4. The van der Waals surface area contributed by atoms with Gasteiger partial charge in [0.25, 0.3) is 12.1 Å². The fourth-order valence-electron chi connectivity index (χ4n) is 4.34. The average molecular weight is 565 g/mol. The van der Waals surface area contributed by atoms with Gasteiger partial charge in [-0.3, -0.25) is 14.1 Å². The molecular formula is C26H35N3O9P+. The molecule has 0 spiro atoms. The van der Waals surface area contributed by atoms with Crippen molar-refractivity contribution in [3.05, 3.63) is 60.4 Å². The largest absolute Gasteiger partial charge is 0.462 e. The van der Waals surface area contributed by atoms with E-state index in [1.54, 1.807) is 87.1 Å². The fourth-order valence-corrected chi connectivity index (χ4v) is 5.84. The third-order valence-electron chi connectivity index (χ3n) is 5.96. The first-order chi connectivity index (χ1) is 18.4. The van der Waals surface area contributed by atoms with Crippen LogP contribution in [0.2, 0.25) is 0 Å². The van der Waals surface area contributed by atoms with Crippen LogP contribution in [0.3, 0.4) is 0 Å². The van der Waals surface area contributed by atoms with E-state index in [1.807, 2.05) is 0 Å². The summed E-state index contributed by atoms with van der Waals surface area (Å²) in [6.07, 6.45) is 0.345. The predicted molar refractivity (Wildman–Crippen MR) is 137 cm³/mol. The minimum atomic E-state index is -4.12. The Morgan fingerprint density at radius 3 is 2.46 bits per heavy atom. The highest BCUT2D eigenvalue weighted by atomic mass is 31.2. The number of primary amides is 1. The molecule has 2 aliphatic rings. The number of carbonyl (C=O) groups is 2. The molecule has 13 heteroatoms. The monoisotopic (exact) mass is 564 g/mol. The zero-order valence-electron chi connectivity index (χ0n) is 22.5. The lowest BCUT2D eigenvalue weighted by Crippen LogP contribution is -2.46. The van der Waals surface area contributed by atoms with E-state index in [2.05, 4.69) is 5.09 Å². The van der Waals surface area contributed by atoms with Gasteiger partial charge in [0.05, 0.1) is 12.7 Å². The van der Waals surface area contributed by atoms with Crippen LogP contribution in [0.15, 0.2) is 54.9 Å². The number of ether oxygens (including phenoxy) is 4. The summed E-state index contributed by atoms with van der Waals surface area (Å²) in [4.78, 5) is 24.2. The van der Waals surface area contributed by atoms with E-state index in [9.17, 15) is 14.2 Å². The van der Waals surface area contributed by atoms with Gasteiger partial charge in [0.1, 0.15) is 29.6 Å². The molecule has 0 saturated carbocycles. The van der Waals surface area contributed by atoms with E-state index in [-0.39, 0.29) is 18.5 Å². The summed E-state index contributed by atoms with van der Waals surface area (Å²) in [5.41, 5.74) is 5.75. The van der Waals surface area contributed by atoms with E-state index >= 15 is 0 Å². The molecule has 212 valence electrons. The lowest BCUT2D eigenvalue weighted by atomic mass is 10.1. The number of hydrogen-bond donors (Lipinski definition) is 2. The Hall–Kier alpha value is -2.86. The Morgan fingerprint density at radius 2 is 1.79 bits per heavy atom. The molecule has 0 aliphatic carbocycles. The van der Waals surface area contributed by atoms with Crippen molar-refractivity contribution in [1.29, 1.82) is 0 Å². The van der Waals surface area contributed by atoms with Crippen LogP contribution < -0.4 is 19.9 Å². The maximum atomic E-state index is 13.9. The SMILES string of the molecule is CC(C)OC(=O)[C@H](C)NP(=O)(OC[C@H]1O[C@@H]([n+]2cccc(C(N)=O)c2)[C@H]2OC(C)(C)O[C@H]21)Oc1ccccc1. The smallest absolute Gasteiger partial charge is 0.459 e. The minimum absolute atomic E-state index is 0.226. The van der Waals surface area contributed by atoms with E-state index in [4.69, 9.17) is 33.7 Å². The third kappa shape index (κ3) is 7.21. The standard InChI is InChI=1S/C26H34N3O9P/c1-16(2)34-25(31)17(3)28-39(32,38-19-11-7-6-8-12-19)33-15-20-21-22(37-26(4,5)36-21)24(35-20)29-13-9-10-18(14-29)23(27)30/h6-14,16-17,20-22,24H,15H2,1-5H3,(H2-,27,28,30,32)/p+1/t17-,20+,21-,22-,24+,39?/m0/s1. The fraction of sp³-hybridized carbons (Fsp3) is 0.500. The molecule has 39 heavy (non-hydrogen) atoms.